The quantitative estimate of drug-likeness (QED) is 0.638. The van der Waals surface area contributed by atoms with Crippen LogP contribution in [0.1, 0.15) is 24.2 Å². The lowest BCUT2D eigenvalue weighted by atomic mass is 10.0. The molecule has 4 N–H and O–H groups in total. The number of aliphatic carboxylic acids is 1. The average Bonchev–Trinajstić information content (AvgIpc) is 2.24. The molecule has 1 amide bonds. The number of aromatic hydroxyl groups is 2. The first-order valence-electron chi connectivity index (χ1n) is 5.39. The highest BCUT2D eigenvalue weighted by molar-refractivity contribution is 6.01. The van der Waals surface area contributed by atoms with Gasteiger partial charge in [-0.15, -0.1) is 0 Å². The lowest BCUT2D eigenvalue weighted by molar-refractivity contribution is -0.140. The molecule has 0 aliphatic carbocycles. The maximum atomic E-state index is 11.8. The topological polar surface area (TPSA) is 107 Å². The molecule has 0 saturated heterocycles. The molecule has 0 bridgehead atoms. The number of phenolic OH excluding ortho intramolecular Hbond substituents is 2. The van der Waals surface area contributed by atoms with Gasteiger partial charge in [0.25, 0.3) is 5.91 Å². The van der Waals surface area contributed by atoms with E-state index in [0.29, 0.717) is 0 Å². The van der Waals surface area contributed by atoms with Gasteiger partial charge >= 0.3 is 5.97 Å². The van der Waals surface area contributed by atoms with Crippen LogP contribution < -0.4 is 5.32 Å². The van der Waals surface area contributed by atoms with E-state index in [1.807, 2.05) is 0 Å². The van der Waals surface area contributed by atoms with Crippen LogP contribution in [0.4, 0.5) is 0 Å². The highest BCUT2D eigenvalue weighted by Gasteiger charge is 2.26. The Morgan fingerprint density at radius 1 is 1.17 bits per heavy atom. The summed E-state index contributed by atoms with van der Waals surface area (Å²) in [7, 11) is 0. The van der Waals surface area contributed by atoms with Gasteiger partial charge in [-0.05, 0) is 18.1 Å². The summed E-state index contributed by atoms with van der Waals surface area (Å²) in [5.41, 5.74) is -0.329. The van der Waals surface area contributed by atoms with Gasteiger partial charge in [0.1, 0.15) is 23.1 Å². The second-order valence-electron chi connectivity index (χ2n) is 4.20. The summed E-state index contributed by atoms with van der Waals surface area (Å²) in [5, 5.41) is 30.2. The van der Waals surface area contributed by atoms with Crippen molar-refractivity contribution in [1.82, 2.24) is 5.32 Å². The van der Waals surface area contributed by atoms with Gasteiger partial charge in [0, 0.05) is 0 Å². The summed E-state index contributed by atoms with van der Waals surface area (Å²) in [5.74, 6) is -3.12. The lowest BCUT2D eigenvalue weighted by Crippen LogP contribution is -2.44. The van der Waals surface area contributed by atoms with E-state index in [2.05, 4.69) is 5.32 Å². The number of rotatable bonds is 4. The van der Waals surface area contributed by atoms with Crippen molar-refractivity contribution in [2.24, 2.45) is 5.92 Å². The minimum atomic E-state index is -1.17. The van der Waals surface area contributed by atoms with Gasteiger partial charge in [-0.25, -0.2) is 4.79 Å². The molecular formula is C12H15NO5. The van der Waals surface area contributed by atoms with Crippen LogP contribution in [0.3, 0.4) is 0 Å². The third kappa shape index (κ3) is 2.91. The van der Waals surface area contributed by atoms with Crippen molar-refractivity contribution in [3.63, 3.8) is 0 Å². The van der Waals surface area contributed by atoms with Gasteiger partial charge in [-0.2, -0.15) is 0 Å². The van der Waals surface area contributed by atoms with E-state index in [1.54, 1.807) is 13.8 Å². The van der Waals surface area contributed by atoms with E-state index in [-0.39, 0.29) is 11.5 Å². The van der Waals surface area contributed by atoms with Crippen LogP contribution in [0.25, 0.3) is 0 Å². The maximum absolute atomic E-state index is 11.8. The fourth-order valence-corrected chi connectivity index (χ4v) is 1.49. The Morgan fingerprint density at radius 3 is 2.06 bits per heavy atom. The summed E-state index contributed by atoms with van der Waals surface area (Å²) >= 11 is 0. The van der Waals surface area contributed by atoms with Crippen LogP contribution in [0.2, 0.25) is 0 Å². The molecule has 18 heavy (non-hydrogen) atoms. The Kier molecular flexibility index (Phi) is 4.14. The number of carbonyl (C=O) groups excluding carboxylic acids is 1. The lowest BCUT2D eigenvalue weighted by Gasteiger charge is -2.18. The summed E-state index contributed by atoms with van der Waals surface area (Å²) in [6, 6.07) is 2.76. The van der Waals surface area contributed by atoms with Crippen LogP contribution in [-0.2, 0) is 4.79 Å². The molecule has 0 aliphatic heterocycles. The zero-order valence-electron chi connectivity index (χ0n) is 10.0. The molecule has 1 aromatic rings. The smallest absolute Gasteiger partial charge is 0.326 e. The molecule has 0 spiro atoms. The van der Waals surface area contributed by atoms with Gasteiger partial charge in [-0.3, -0.25) is 4.79 Å². The van der Waals surface area contributed by atoms with Crippen molar-refractivity contribution >= 4 is 11.9 Å². The number of hydrogen-bond acceptors (Lipinski definition) is 4. The first kappa shape index (κ1) is 13.8. The second-order valence-corrected chi connectivity index (χ2v) is 4.20. The van der Waals surface area contributed by atoms with E-state index in [1.165, 1.54) is 18.2 Å². The largest absolute Gasteiger partial charge is 0.507 e. The van der Waals surface area contributed by atoms with Crippen molar-refractivity contribution < 1.29 is 24.9 Å². The van der Waals surface area contributed by atoms with Crippen LogP contribution in [0.5, 0.6) is 11.5 Å². The Morgan fingerprint density at radius 2 is 1.67 bits per heavy atom. The summed E-state index contributed by atoms with van der Waals surface area (Å²) in [4.78, 5) is 22.7. The Labute approximate surface area is 104 Å². The standard InChI is InChI=1S/C12H15NO5/c1-6(2)10(12(17)18)13-11(16)9-7(14)4-3-5-8(9)15/h3-6,10,14-15H,1-2H3,(H,13,16)(H,17,18)/t10-/m0/s1. The summed E-state index contributed by atoms with van der Waals surface area (Å²) in [6.45, 7) is 3.29. The highest BCUT2D eigenvalue weighted by Crippen LogP contribution is 2.26. The molecule has 0 radical (unpaired) electrons. The normalized spacial score (nSPS) is 12.2. The number of nitrogens with one attached hydrogen (secondary N) is 1. The van der Waals surface area contributed by atoms with Crippen LogP contribution in [-0.4, -0.2) is 33.2 Å². The van der Waals surface area contributed by atoms with Gasteiger partial charge in [0.2, 0.25) is 0 Å². The van der Waals surface area contributed by atoms with Crippen LogP contribution in [0.15, 0.2) is 18.2 Å². The molecule has 0 fully saturated rings. The van der Waals surface area contributed by atoms with E-state index in [4.69, 9.17) is 5.11 Å². The van der Waals surface area contributed by atoms with Gasteiger partial charge in [-0.1, -0.05) is 19.9 Å². The molecular weight excluding hydrogens is 238 g/mol. The zero-order chi connectivity index (χ0) is 13.9. The number of amides is 1. The number of carboxylic acid groups (broad SMARTS) is 1. The van der Waals surface area contributed by atoms with Crippen LogP contribution in [0, 0.1) is 5.92 Å². The molecule has 0 saturated carbocycles. The molecule has 6 nitrogen and oxygen atoms in total. The molecule has 1 aromatic carbocycles. The molecule has 6 heteroatoms. The third-order valence-electron chi connectivity index (χ3n) is 2.47. The molecule has 0 unspecified atom stereocenters. The van der Waals surface area contributed by atoms with Crippen molar-refractivity contribution in [3.8, 4) is 11.5 Å². The number of carboxylic acids is 1. The Hall–Kier alpha value is -2.24. The van der Waals surface area contributed by atoms with E-state index < -0.39 is 29.4 Å². The van der Waals surface area contributed by atoms with Crippen molar-refractivity contribution in [3.05, 3.63) is 23.8 Å². The molecule has 0 heterocycles. The van der Waals surface area contributed by atoms with Gasteiger partial charge in [0.15, 0.2) is 0 Å². The monoisotopic (exact) mass is 253 g/mol. The predicted octanol–water partition coefficient (Wildman–Crippen LogP) is 0.937. The SMILES string of the molecule is CC(C)[C@H](NC(=O)c1c(O)cccc1O)C(=O)O. The number of phenols is 2. The predicted molar refractivity (Wildman–Crippen MR) is 63.5 cm³/mol. The number of carbonyl (C=O) groups is 2. The summed E-state index contributed by atoms with van der Waals surface area (Å²) in [6.07, 6.45) is 0. The molecule has 1 rings (SSSR count). The highest BCUT2D eigenvalue weighted by atomic mass is 16.4. The van der Waals surface area contributed by atoms with Gasteiger partial charge in [0.05, 0.1) is 0 Å². The minimum Gasteiger partial charge on any atom is -0.507 e. The Balaban J connectivity index is 2.98. The fourth-order valence-electron chi connectivity index (χ4n) is 1.49. The molecule has 0 aromatic heterocycles. The summed E-state index contributed by atoms with van der Waals surface area (Å²) < 4.78 is 0. The molecule has 1 atom stereocenters. The second kappa shape index (κ2) is 5.39. The van der Waals surface area contributed by atoms with Crippen molar-refractivity contribution in [2.75, 3.05) is 0 Å². The number of hydrogen-bond donors (Lipinski definition) is 4. The Bertz CT molecular complexity index is 449. The zero-order valence-corrected chi connectivity index (χ0v) is 10.0. The molecule has 98 valence electrons. The van der Waals surface area contributed by atoms with E-state index in [9.17, 15) is 19.8 Å². The first-order valence-corrected chi connectivity index (χ1v) is 5.39. The minimum absolute atomic E-state index is 0.320. The van der Waals surface area contributed by atoms with Gasteiger partial charge < -0.3 is 20.6 Å². The fraction of sp³-hybridized carbons (Fsp3) is 0.333. The number of benzene rings is 1. The average molecular weight is 253 g/mol. The van der Waals surface area contributed by atoms with Crippen molar-refractivity contribution in [2.45, 2.75) is 19.9 Å². The van der Waals surface area contributed by atoms with E-state index >= 15 is 0 Å². The molecule has 0 aliphatic rings. The van der Waals surface area contributed by atoms with Crippen molar-refractivity contribution in [1.29, 1.82) is 0 Å². The van der Waals surface area contributed by atoms with E-state index in [0.717, 1.165) is 0 Å². The first-order chi connectivity index (χ1) is 8.34. The maximum Gasteiger partial charge on any atom is 0.326 e. The van der Waals surface area contributed by atoms with Crippen LogP contribution >= 0.6 is 0 Å². The third-order valence-corrected chi connectivity index (χ3v) is 2.47.